The molecule has 0 bridgehead atoms. The Morgan fingerprint density at radius 1 is 0.900 bits per heavy atom. The molecule has 0 saturated heterocycles. The molecule has 5 nitrogen and oxygen atoms in total. The van der Waals surface area contributed by atoms with Crippen molar-refractivity contribution in [2.75, 3.05) is 5.32 Å². The van der Waals surface area contributed by atoms with Gasteiger partial charge in [0.2, 0.25) is 5.82 Å². The van der Waals surface area contributed by atoms with Crippen molar-refractivity contribution < 1.29 is 4.79 Å². The van der Waals surface area contributed by atoms with Gasteiger partial charge in [-0.05, 0) is 49.6 Å². The van der Waals surface area contributed by atoms with Gasteiger partial charge in [0.25, 0.3) is 5.91 Å². The first-order valence-electron chi connectivity index (χ1n) is 9.61. The Bertz CT molecular complexity index is 1210. The minimum atomic E-state index is -0.358. The topological polar surface area (TPSA) is 59.8 Å². The standard InChI is InChI=1S/C24H21ClN4O/c1-15-9-7-10-16(2)21(15)26-24(30)22-27-23(18-11-5-4-6-12-18)29(28-22)20-14-8-13-19(25)17(20)3/h4-14H,1-3H3,(H,26,30). The zero-order valence-corrected chi connectivity index (χ0v) is 17.7. The van der Waals surface area contributed by atoms with E-state index in [9.17, 15) is 4.79 Å². The molecule has 6 heteroatoms. The second-order valence-electron chi connectivity index (χ2n) is 7.14. The van der Waals surface area contributed by atoms with E-state index in [0.29, 0.717) is 10.8 Å². The molecule has 0 atom stereocenters. The van der Waals surface area contributed by atoms with Crippen LogP contribution in [0.2, 0.25) is 5.02 Å². The number of para-hydroxylation sites is 1. The highest BCUT2D eigenvalue weighted by Gasteiger charge is 2.21. The molecule has 0 spiro atoms. The van der Waals surface area contributed by atoms with Gasteiger partial charge in [-0.2, -0.15) is 0 Å². The number of benzene rings is 3. The summed E-state index contributed by atoms with van der Waals surface area (Å²) in [6.45, 7) is 5.84. The number of amides is 1. The number of carbonyl (C=O) groups is 1. The molecule has 0 radical (unpaired) electrons. The fraction of sp³-hybridized carbons (Fsp3) is 0.125. The molecule has 0 aliphatic heterocycles. The smallest absolute Gasteiger partial charge is 0.295 e. The number of hydrogen-bond donors (Lipinski definition) is 1. The summed E-state index contributed by atoms with van der Waals surface area (Å²) >= 11 is 6.33. The third-order valence-corrected chi connectivity index (χ3v) is 5.44. The van der Waals surface area contributed by atoms with E-state index in [1.54, 1.807) is 4.68 Å². The lowest BCUT2D eigenvalue weighted by atomic mass is 10.1. The summed E-state index contributed by atoms with van der Waals surface area (Å²) in [4.78, 5) is 17.6. The maximum Gasteiger partial charge on any atom is 0.295 e. The van der Waals surface area contributed by atoms with Gasteiger partial charge >= 0.3 is 0 Å². The minimum absolute atomic E-state index is 0.0934. The molecule has 0 unspecified atom stereocenters. The maximum absolute atomic E-state index is 13.0. The van der Waals surface area contributed by atoms with E-state index in [1.807, 2.05) is 87.5 Å². The molecule has 4 aromatic rings. The minimum Gasteiger partial charge on any atom is -0.319 e. The Labute approximate surface area is 180 Å². The quantitative estimate of drug-likeness (QED) is 0.459. The van der Waals surface area contributed by atoms with Crippen molar-refractivity contribution in [3.8, 4) is 17.1 Å². The van der Waals surface area contributed by atoms with Gasteiger partial charge in [-0.3, -0.25) is 4.79 Å². The van der Waals surface area contributed by atoms with Crippen molar-refractivity contribution in [2.45, 2.75) is 20.8 Å². The number of hydrogen-bond acceptors (Lipinski definition) is 3. The lowest BCUT2D eigenvalue weighted by Gasteiger charge is -2.10. The van der Waals surface area contributed by atoms with Crippen molar-refractivity contribution in [1.82, 2.24) is 14.8 Å². The number of nitrogens with one attached hydrogen (secondary N) is 1. The summed E-state index contributed by atoms with van der Waals surface area (Å²) in [6.07, 6.45) is 0. The van der Waals surface area contributed by atoms with Gasteiger partial charge in [0.15, 0.2) is 5.82 Å². The molecule has 3 aromatic carbocycles. The fourth-order valence-corrected chi connectivity index (χ4v) is 3.53. The van der Waals surface area contributed by atoms with E-state index in [-0.39, 0.29) is 11.7 Å². The zero-order valence-electron chi connectivity index (χ0n) is 17.0. The molecule has 1 heterocycles. The number of aryl methyl sites for hydroxylation is 2. The largest absolute Gasteiger partial charge is 0.319 e. The molecule has 0 fully saturated rings. The first kappa shape index (κ1) is 19.9. The van der Waals surface area contributed by atoms with Gasteiger partial charge in [0.1, 0.15) is 0 Å². The van der Waals surface area contributed by atoms with Crippen LogP contribution < -0.4 is 5.32 Å². The third-order valence-electron chi connectivity index (χ3n) is 5.03. The molecule has 1 N–H and O–H groups in total. The van der Waals surface area contributed by atoms with E-state index in [4.69, 9.17) is 11.6 Å². The van der Waals surface area contributed by atoms with Crippen LogP contribution in [-0.2, 0) is 0 Å². The van der Waals surface area contributed by atoms with Gasteiger partial charge in [0, 0.05) is 16.3 Å². The van der Waals surface area contributed by atoms with Crippen LogP contribution >= 0.6 is 11.6 Å². The summed E-state index contributed by atoms with van der Waals surface area (Å²) in [5.74, 6) is 0.312. The van der Waals surface area contributed by atoms with Crippen LogP contribution in [0.1, 0.15) is 27.3 Å². The highest BCUT2D eigenvalue weighted by atomic mass is 35.5. The summed E-state index contributed by atoms with van der Waals surface area (Å²) in [6, 6.07) is 21.1. The number of rotatable bonds is 4. The fourth-order valence-electron chi connectivity index (χ4n) is 3.36. The van der Waals surface area contributed by atoms with Crippen LogP contribution in [0.25, 0.3) is 17.1 Å². The van der Waals surface area contributed by atoms with E-state index >= 15 is 0 Å². The second-order valence-corrected chi connectivity index (χ2v) is 7.55. The number of anilines is 1. The van der Waals surface area contributed by atoms with Gasteiger partial charge < -0.3 is 5.32 Å². The SMILES string of the molecule is Cc1cccc(C)c1NC(=O)c1nc(-c2ccccc2)n(-c2cccc(Cl)c2C)n1. The van der Waals surface area contributed by atoms with Gasteiger partial charge in [-0.25, -0.2) is 9.67 Å². The number of nitrogens with zero attached hydrogens (tertiary/aromatic N) is 3. The van der Waals surface area contributed by atoms with Crippen LogP contribution in [0.3, 0.4) is 0 Å². The van der Waals surface area contributed by atoms with Crippen LogP contribution in [0, 0.1) is 20.8 Å². The van der Waals surface area contributed by atoms with E-state index in [1.165, 1.54) is 0 Å². The number of carbonyl (C=O) groups excluding carboxylic acids is 1. The molecular formula is C24H21ClN4O. The molecule has 0 aliphatic rings. The van der Waals surface area contributed by atoms with Crippen molar-refractivity contribution in [2.24, 2.45) is 0 Å². The number of halogens is 1. The zero-order chi connectivity index (χ0) is 21.3. The Morgan fingerprint density at radius 3 is 2.27 bits per heavy atom. The third kappa shape index (κ3) is 3.72. The average molecular weight is 417 g/mol. The predicted molar refractivity (Wildman–Crippen MR) is 120 cm³/mol. The normalized spacial score (nSPS) is 10.8. The van der Waals surface area contributed by atoms with Crippen molar-refractivity contribution >= 4 is 23.2 Å². The Hall–Kier alpha value is -3.44. The Morgan fingerprint density at radius 2 is 1.57 bits per heavy atom. The molecule has 150 valence electrons. The number of aromatic nitrogens is 3. The monoisotopic (exact) mass is 416 g/mol. The first-order valence-corrected chi connectivity index (χ1v) is 9.99. The Kier molecular flexibility index (Phi) is 5.38. The van der Waals surface area contributed by atoms with Crippen LogP contribution in [0.15, 0.2) is 66.7 Å². The van der Waals surface area contributed by atoms with Gasteiger partial charge in [-0.1, -0.05) is 66.2 Å². The summed E-state index contributed by atoms with van der Waals surface area (Å²) in [7, 11) is 0. The van der Waals surface area contributed by atoms with Crippen LogP contribution in [0.5, 0.6) is 0 Å². The van der Waals surface area contributed by atoms with Crippen LogP contribution in [0.4, 0.5) is 5.69 Å². The molecular weight excluding hydrogens is 396 g/mol. The molecule has 4 rings (SSSR count). The van der Waals surface area contributed by atoms with Crippen molar-refractivity contribution in [3.05, 3.63) is 94.3 Å². The predicted octanol–water partition coefficient (Wildman–Crippen LogP) is 5.77. The van der Waals surface area contributed by atoms with Gasteiger partial charge in [-0.15, -0.1) is 5.10 Å². The van der Waals surface area contributed by atoms with E-state index in [0.717, 1.165) is 33.6 Å². The lowest BCUT2D eigenvalue weighted by molar-refractivity contribution is 0.101. The van der Waals surface area contributed by atoms with Crippen molar-refractivity contribution in [1.29, 1.82) is 0 Å². The average Bonchev–Trinajstić information content (AvgIpc) is 3.19. The Balaban J connectivity index is 1.81. The molecule has 0 saturated carbocycles. The summed E-state index contributed by atoms with van der Waals surface area (Å²) in [5, 5.41) is 8.14. The second kappa shape index (κ2) is 8.13. The molecule has 0 aliphatic carbocycles. The van der Waals surface area contributed by atoms with Crippen LogP contribution in [-0.4, -0.2) is 20.7 Å². The molecule has 1 aromatic heterocycles. The summed E-state index contributed by atoms with van der Waals surface area (Å²) < 4.78 is 1.68. The van der Waals surface area contributed by atoms with Crippen molar-refractivity contribution in [3.63, 3.8) is 0 Å². The van der Waals surface area contributed by atoms with Gasteiger partial charge in [0.05, 0.1) is 5.69 Å². The first-order chi connectivity index (χ1) is 14.5. The van der Waals surface area contributed by atoms with E-state index in [2.05, 4.69) is 15.4 Å². The summed E-state index contributed by atoms with van der Waals surface area (Å²) in [5.41, 5.74) is 5.24. The maximum atomic E-state index is 13.0. The highest BCUT2D eigenvalue weighted by molar-refractivity contribution is 6.31. The lowest BCUT2D eigenvalue weighted by Crippen LogP contribution is -2.16. The highest BCUT2D eigenvalue weighted by Crippen LogP contribution is 2.27. The molecule has 1 amide bonds. The van der Waals surface area contributed by atoms with E-state index < -0.39 is 0 Å². The molecule has 30 heavy (non-hydrogen) atoms.